The van der Waals surface area contributed by atoms with E-state index in [-0.39, 0.29) is 12.5 Å². The third-order valence-electron chi connectivity index (χ3n) is 2.69. The third kappa shape index (κ3) is 4.33. The van der Waals surface area contributed by atoms with Crippen LogP contribution in [0.15, 0.2) is 18.3 Å². The zero-order chi connectivity index (χ0) is 13.4. The molecule has 0 spiro atoms. The van der Waals surface area contributed by atoms with Crippen LogP contribution in [0.1, 0.15) is 29.6 Å². The number of methoxy groups -OCH3 is 1. The van der Waals surface area contributed by atoms with Crippen molar-refractivity contribution in [2.24, 2.45) is 0 Å². The first-order valence-electron chi connectivity index (χ1n) is 6.05. The zero-order valence-electron chi connectivity index (χ0n) is 10.9. The van der Waals surface area contributed by atoms with Crippen molar-refractivity contribution in [3.8, 4) is 5.88 Å². The van der Waals surface area contributed by atoms with Crippen molar-refractivity contribution in [1.82, 2.24) is 9.88 Å². The van der Waals surface area contributed by atoms with Gasteiger partial charge in [-0.2, -0.15) is 0 Å². The lowest BCUT2D eigenvalue weighted by molar-refractivity contribution is 0.0791. The van der Waals surface area contributed by atoms with Gasteiger partial charge in [0.2, 0.25) is 5.88 Å². The summed E-state index contributed by atoms with van der Waals surface area (Å²) in [6, 6.07) is 3.38. The summed E-state index contributed by atoms with van der Waals surface area (Å²) in [5.74, 6) is 0.450. The van der Waals surface area contributed by atoms with Crippen molar-refractivity contribution in [2.75, 3.05) is 27.3 Å². The SMILES string of the molecule is COc1ccc(C(=O)N(C)CCCCCO)cn1. The van der Waals surface area contributed by atoms with Gasteiger partial charge < -0.3 is 14.7 Å². The number of nitrogens with zero attached hydrogens (tertiary/aromatic N) is 2. The standard InChI is InChI=1S/C13H20N2O3/c1-15(8-4-3-5-9-16)13(17)11-6-7-12(18-2)14-10-11/h6-7,10,16H,3-5,8-9H2,1-2H3. The highest BCUT2D eigenvalue weighted by molar-refractivity contribution is 5.93. The number of carbonyl (C=O) groups excluding carboxylic acids is 1. The molecular weight excluding hydrogens is 232 g/mol. The molecule has 5 heteroatoms. The molecule has 18 heavy (non-hydrogen) atoms. The highest BCUT2D eigenvalue weighted by atomic mass is 16.5. The summed E-state index contributed by atoms with van der Waals surface area (Å²) >= 11 is 0. The number of aliphatic hydroxyl groups is 1. The Morgan fingerprint density at radius 1 is 1.39 bits per heavy atom. The Hall–Kier alpha value is -1.62. The van der Waals surface area contributed by atoms with E-state index in [4.69, 9.17) is 9.84 Å². The number of pyridine rings is 1. The molecule has 0 saturated carbocycles. The summed E-state index contributed by atoms with van der Waals surface area (Å²) in [5.41, 5.74) is 0.556. The van der Waals surface area contributed by atoms with Gasteiger partial charge in [-0.1, -0.05) is 0 Å². The lowest BCUT2D eigenvalue weighted by Gasteiger charge is -2.16. The van der Waals surface area contributed by atoms with Crippen molar-refractivity contribution >= 4 is 5.91 Å². The van der Waals surface area contributed by atoms with Gasteiger partial charge in [0, 0.05) is 32.5 Å². The first-order chi connectivity index (χ1) is 8.69. The van der Waals surface area contributed by atoms with Crippen molar-refractivity contribution < 1.29 is 14.6 Å². The molecule has 0 saturated heterocycles. The molecule has 5 nitrogen and oxygen atoms in total. The Morgan fingerprint density at radius 2 is 2.17 bits per heavy atom. The first kappa shape index (κ1) is 14.4. The van der Waals surface area contributed by atoms with Gasteiger partial charge in [0.25, 0.3) is 5.91 Å². The molecule has 1 aromatic heterocycles. The van der Waals surface area contributed by atoms with E-state index in [0.29, 0.717) is 18.0 Å². The molecule has 1 heterocycles. The van der Waals surface area contributed by atoms with Crippen LogP contribution in [0.25, 0.3) is 0 Å². The number of ether oxygens (including phenoxy) is 1. The number of rotatable bonds is 7. The fraction of sp³-hybridized carbons (Fsp3) is 0.538. The highest BCUT2D eigenvalue weighted by Crippen LogP contribution is 2.09. The van der Waals surface area contributed by atoms with Gasteiger partial charge in [-0.3, -0.25) is 4.79 Å². The molecule has 0 aliphatic heterocycles. The Kier molecular flexibility index (Phi) is 6.14. The van der Waals surface area contributed by atoms with Crippen LogP contribution in [0.2, 0.25) is 0 Å². The largest absolute Gasteiger partial charge is 0.481 e. The number of aliphatic hydroxyl groups excluding tert-OH is 1. The van der Waals surface area contributed by atoms with Crippen molar-refractivity contribution in [1.29, 1.82) is 0 Å². The van der Waals surface area contributed by atoms with Crippen molar-refractivity contribution in [3.05, 3.63) is 23.9 Å². The highest BCUT2D eigenvalue weighted by Gasteiger charge is 2.11. The van der Waals surface area contributed by atoms with Crippen molar-refractivity contribution in [2.45, 2.75) is 19.3 Å². The van der Waals surface area contributed by atoms with Crippen LogP contribution in [-0.2, 0) is 0 Å². The first-order valence-corrected chi connectivity index (χ1v) is 6.05. The van der Waals surface area contributed by atoms with Crippen LogP contribution in [0, 0.1) is 0 Å². The summed E-state index contributed by atoms with van der Waals surface area (Å²) in [4.78, 5) is 17.7. The van der Waals surface area contributed by atoms with Gasteiger partial charge in [-0.25, -0.2) is 4.98 Å². The van der Waals surface area contributed by atoms with Crippen LogP contribution in [0.3, 0.4) is 0 Å². The van der Waals surface area contributed by atoms with Gasteiger partial charge >= 0.3 is 0 Å². The molecule has 1 rings (SSSR count). The van der Waals surface area contributed by atoms with E-state index in [2.05, 4.69) is 4.98 Å². The van der Waals surface area contributed by atoms with E-state index in [0.717, 1.165) is 19.3 Å². The molecule has 1 amide bonds. The summed E-state index contributed by atoms with van der Waals surface area (Å²) in [6.07, 6.45) is 4.12. The minimum absolute atomic E-state index is 0.0471. The van der Waals surface area contributed by atoms with Crippen LogP contribution >= 0.6 is 0 Å². The quantitative estimate of drug-likeness (QED) is 0.743. The Morgan fingerprint density at radius 3 is 2.72 bits per heavy atom. The molecule has 0 aliphatic carbocycles. The molecular formula is C13H20N2O3. The van der Waals surface area contributed by atoms with Gasteiger partial charge in [0.1, 0.15) is 0 Å². The molecule has 0 aromatic carbocycles. The Balaban J connectivity index is 2.46. The van der Waals surface area contributed by atoms with E-state index in [1.54, 1.807) is 24.1 Å². The number of carbonyl (C=O) groups is 1. The second-order valence-electron chi connectivity index (χ2n) is 4.10. The molecule has 100 valence electrons. The monoisotopic (exact) mass is 252 g/mol. The lowest BCUT2D eigenvalue weighted by Crippen LogP contribution is -2.27. The van der Waals surface area contributed by atoms with Gasteiger partial charge in [0.05, 0.1) is 12.7 Å². The third-order valence-corrected chi connectivity index (χ3v) is 2.69. The summed E-state index contributed by atoms with van der Waals surface area (Å²) in [6.45, 7) is 0.894. The molecule has 0 unspecified atom stereocenters. The Bertz CT molecular complexity index is 365. The predicted molar refractivity (Wildman–Crippen MR) is 68.7 cm³/mol. The van der Waals surface area contributed by atoms with E-state index < -0.39 is 0 Å². The lowest BCUT2D eigenvalue weighted by atomic mass is 10.2. The predicted octanol–water partition coefficient (Wildman–Crippen LogP) is 1.32. The van der Waals surface area contributed by atoms with Crippen LogP contribution in [0.5, 0.6) is 5.88 Å². The average molecular weight is 252 g/mol. The molecule has 1 N–H and O–H groups in total. The van der Waals surface area contributed by atoms with Crippen LogP contribution in [-0.4, -0.2) is 48.2 Å². The van der Waals surface area contributed by atoms with E-state index in [9.17, 15) is 4.79 Å². The van der Waals surface area contributed by atoms with Gasteiger partial charge in [0.15, 0.2) is 0 Å². The normalized spacial score (nSPS) is 10.2. The molecule has 0 bridgehead atoms. The summed E-state index contributed by atoms with van der Waals surface area (Å²) in [5, 5.41) is 8.67. The fourth-order valence-electron chi connectivity index (χ4n) is 1.59. The van der Waals surface area contributed by atoms with Gasteiger partial charge in [-0.15, -0.1) is 0 Å². The second kappa shape index (κ2) is 7.66. The fourth-order valence-corrected chi connectivity index (χ4v) is 1.59. The van der Waals surface area contributed by atoms with E-state index in [1.165, 1.54) is 13.3 Å². The minimum atomic E-state index is -0.0471. The molecule has 0 fully saturated rings. The number of hydrogen-bond donors (Lipinski definition) is 1. The van der Waals surface area contributed by atoms with E-state index in [1.807, 2.05) is 0 Å². The maximum Gasteiger partial charge on any atom is 0.255 e. The van der Waals surface area contributed by atoms with Crippen LogP contribution in [0.4, 0.5) is 0 Å². The number of amides is 1. The van der Waals surface area contributed by atoms with E-state index >= 15 is 0 Å². The summed E-state index contributed by atoms with van der Waals surface area (Å²) in [7, 11) is 3.31. The topological polar surface area (TPSA) is 62.7 Å². The minimum Gasteiger partial charge on any atom is -0.481 e. The molecule has 0 radical (unpaired) electrons. The zero-order valence-corrected chi connectivity index (χ0v) is 10.9. The number of aromatic nitrogens is 1. The molecule has 0 atom stereocenters. The van der Waals surface area contributed by atoms with Crippen LogP contribution < -0.4 is 4.74 Å². The second-order valence-corrected chi connectivity index (χ2v) is 4.10. The average Bonchev–Trinajstić information content (AvgIpc) is 2.42. The molecule has 0 aliphatic rings. The maximum absolute atomic E-state index is 12.0. The van der Waals surface area contributed by atoms with Crippen molar-refractivity contribution in [3.63, 3.8) is 0 Å². The number of unbranched alkanes of at least 4 members (excludes halogenated alkanes) is 2. The smallest absolute Gasteiger partial charge is 0.255 e. The Labute approximate surface area is 107 Å². The number of hydrogen-bond acceptors (Lipinski definition) is 4. The maximum atomic E-state index is 12.0. The van der Waals surface area contributed by atoms with Gasteiger partial charge in [-0.05, 0) is 25.3 Å². The summed E-state index contributed by atoms with van der Waals surface area (Å²) < 4.78 is 4.94. The molecule has 1 aromatic rings.